The number of rotatable bonds is 1. The third kappa shape index (κ3) is 1.73. The molecule has 2 rings (SSSR count). The molecule has 1 aromatic carbocycles. The standard InChI is InChI=1S/C12H13NO2/c1-8-6-10-7-9(12(14)13(2)3)4-5-11(10)15-8/h4-7H,1-3H3. The predicted molar refractivity (Wildman–Crippen MR) is 59.0 cm³/mol. The van der Waals surface area contributed by atoms with Crippen LogP contribution >= 0.6 is 0 Å². The van der Waals surface area contributed by atoms with Crippen molar-refractivity contribution in [3.05, 3.63) is 35.6 Å². The van der Waals surface area contributed by atoms with E-state index in [0.717, 1.165) is 16.7 Å². The van der Waals surface area contributed by atoms with Crippen LogP contribution in [0.25, 0.3) is 11.0 Å². The maximum Gasteiger partial charge on any atom is 0.253 e. The fourth-order valence-corrected chi connectivity index (χ4v) is 1.57. The third-order valence-corrected chi connectivity index (χ3v) is 2.29. The van der Waals surface area contributed by atoms with Crippen LogP contribution in [-0.4, -0.2) is 24.9 Å². The normalized spacial score (nSPS) is 10.6. The van der Waals surface area contributed by atoms with Crippen molar-refractivity contribution < 1.29 is 9.21 Å². The number of amides is 1. The minimum absolute atomic E-state index is 0.00996. The minimum Gasteiger partial charge on any atom is -0.461 e. The van der Waals surface area contributed by atoms with Gasteiger partial charge >= 0.3 is 0 Å². The Morgan fingerprint density at radius 2 is 2.00 bits per heavy atom. The van der Waals surface area contributed by atoms with Crippen LogP contribution in [0, 0.1) is 6.92 Å². The summed E-state index contributed by atoms with van der Waals surface area (Å²) < 4.78 is 5.44. The van der Waals surface area contributed by atoms with Crippen LogP contribution in [0.1, 0.15) is 16.1 Å². The lowest BCUT2D eigenvalue weighted by atomic mass is 10.1. The molecule has 0 atom stereocenters. The molecule has 1 heterocycles. The van der Waals surface area contributed by atoms with Crippen LogP contribution in [0.3, 0.4) is 0 Å². The Bertz CT molecular complexity index is 511. The van der Waals surface area contributed by atoms with Gasteiger partial charge in [-0.3, -0.25) is 4.79 Å². The van der Waals surface area contributed by atoms with Gasteiger partial charge in [0.05, 0.1) is 0 Å². The van der Waals surface area contributed by atoms with Crippen molar-refractivity contribution in [3.63, 3.8) is 0 Å². The van der Waals surface area contributed by atoms with Crippen LogP contribution in [-0.2, 0) is 0 Å². The highest BCUT2D eigenvalue weighted by Crippen LogP contribution is 2.20. The molecule has 0 aliphatic heterocycles. The summed E-state index contributed by atoms with van der Waals surface area (Å²) in [5.74, 6) is 0.871. The average molecular weight is 203 g/mol. The summed E-state index contributed by atoms with van der Waals surface area (Å²) in [6, 6.07) is 7.41. The van der Waals surface area contributed by atoms with Crippen molar-refractivity contribution in [1.82, 2.24) is 4.90 Å². The van der Waals surface area contributed by atoms with Gasteiger partial charge in [0.1, 0.15) is 11.3 Å². The van der Waals surface area contributed by atoms with Crippen LogP contribution in [0.15, 0.2) is 28.7 Å². The van der Waals surface area contributed by atoms with E-state index in [9.17, 15) is 4.79 Å². The molecule has 1 aromatic heterocycles. The molecule has 0 aliphatic rings. The molecule has 1 amide bonds. The zero-order chi connectivity index (χ0) is 11.0. The van der Waals surface area contributed by atoms with Crippen LogP contribution in [0.5, 0.6) is 0 Å². The lowest BCUT2D eigenvalue weighted by molar-refractivity contribution is 0.0828. The maximum atomic E-state index is 11.7. The van der Waals surface area contributed by atoms with Gasteiger partial charge in [-0.2, -0.15) is 0 Å². The van der Waals surface area contributed by atoms with E-state index < -0.39 is 0 Å². The first-order chi connectivity index (χ1) is 7.08. The fraction of sp³-hybridized carbons (Fsp3) is 0.250. The minimum atomic E-state index is 0.00996. The van der Waals surface area contributed by atoms with Crippen molar-refractivity contribution in [2.75, 3.05) is 14.1 Å². The molecule has 0 radical (unpaired) electrons. The molecule has 78 valence electrons. The summed E-state index contributed by atoms with van der Waals surface area (Å²) in [6.07, 6.45) is 0. The molecule has 0 N–H and O–H groups in total. The smallest absolute Gasteiger partial charge is 0.253 e. The summed E-state index contributed by atoms with van der Waals surface area (Å²) in [6.45, 7) is 1.90. The number of benzene rings is 1. The van der Waals surface area contributed by atoms with E-state index in [4.69, 9.17) is 4.42 Å². The van der Waals surface area contributed by atoms with Crippen molar-refractivity contribution in [3.8, 4) is 0 Å². The second-order valence-corrected chi connectivity index (χ2v) is 3.81. The van der Waals surface area contributed by atoms with Gasteiger partial charge in [-0.05, 0) is 31.2 Å². The number of furan rings is 1. The van der Waals surface area contributed by atoms with Crippen LogP contribution in [0.4, 0.5) is 0 Å². The highest BCUT2D eigenvalue weighted by molar-refractivity contribution is 5.97. The molecule has 15 heavy (non-hydrogen) atoms. The zero-order valence-electron chi connectivity index (χ0n) is 9.07. The Balaban J connectivity index is 2.51. The Morgan fingerprint density at radius 3 is 2.67 bits per heavy atom. The zero-order valence-corrected chi connectivity index (χ0v) is 9.07. The van der Waals surface area contributed by atoms with Crippen molar-refractivity contribution in [2.45, 2.75) is 6.92 Å². The van der Waals surface area contributed by atoms with E-state index >= 15 is 0 Å². The summed E-state index contributed by atoms with van der Waals surface area (Å²) >= 11 is 0. The SMILES string of the molecule is Cc1cc2cc(C(=O)N(C)C)ccc2o1. The highest BCUT2D eigenvalue weighted by atomic mass is 16.3. The van der Waals surface area contributed by atoms with E-state index in [1.54, 1.807) is 25.1 Å². The highest BCUT2D eigenvalue weighted by Gasteiger charge is 2.09. The van der Waals surface area contributed by atoms with Gasteiger partial charge in [-0.25, -0.2) is 0 Å². The van der Waals surface area contributed by atoms with E-state index in [0.29, 0.717) is 5.56 Å². The summed E-state index contributed by atoms with van der Waals surface area (Å²) in [7, 11) is 3.49. The second kappa shape index (κ2) is 3.42. The maximum absolute atomic E-state index is 11.7. The second-order valence-electron chi connectivity index (χ2n) is 3.81. The van der Waals surface area contributed by atoms with Gasteiger partial charge in [0.2, 0.25) is 0 Å². The number of hydrogen-bond acceptors (Lipinski definition) is 2. The molecule has 2 aromatic rings. The monoisotopic (exact) mass is 203 g/mol. The predicted octanol–water partition coefficient (Wildman–Crippen LogP) is 2.44. The topological polar surface area (TPSA) is 33.5 Å². The molecule has 0 spiro atoms. The Kier molecular flexibility index (Phi) is 2.23. The number of nitrogens with zero attached hydrogens (tertiary/aromatic N) is 1. The number of carbonyl (C=O) groups is 1. The van der Waals surface area contributed by atoms with E-state index in [1.807, 2.05) is 25.1 Å². The van der Waals surface area contributed by atoms with E-state index in [-0.39, 0.29) is 5.91 Å². The van der Waals surface area contributed by atoms with E-state index in [1.165, 1.54) is 0 Å². The Morgan fingerprint density at radius 1 is 1.27 bits per heavy atom. The molecular formula is C12H13NO2. The van der Waals surface area contributed by atoms with Crippen molar-refractivity contribution in [2.24, 2.45) is 0 Å². The van der Waals surface area contributed by atoms with Crippen molar-refractivity contribution >= 4 is 16.9 Å². The molecule has 0 unspecified atom stereocenters. The lowest BCUT2D eigenvalue weighted by Gasteiger charge is -2.09. The molecule has 0 bridgehead atoms. The molecule has 3 heteroatoms. The molecule has 0 aliphatic carbocycles. The first-order valence-corrected chi connectivity index (χ1v) is 4.80. The lowest BCUT2D eigenvalue weighted by Crippen LogP contribution is -2.21. The summed E-state index contributed by atoms with van der Waals surface area (Å²) in [5, 5.41) is 0.972. The molecule has 3 nitrogen and oxygen atoms in total. The number of hydrogen-bond donors (Lipinski definition) is 0. The summed E-state index contributed by atoms with van der Waals surface area (Å²) in [5.41, 5.74) is 1.51. The van der Waals surface area contributed by atoms with Gasteiger partial charge in [0.25, 0.3) is 5.91 Å². The first kappa shape index (κ1) is 9.77. The number of carbonyl (C=O) groups excluding carboxylic acids is 1. The third-order valence-electron chi connectivity index (χ3n) is 2.29. The van der Waals surface area contributed by atoms with Crippen LogP contribution in [0.2, 0.25) is 0 Å². The van der Waals surface area contributed by atoms with Gasteiger partial charge < -0.3 is 9.32 Å². The van der Waals surface area contributed by atoms with Crippen molar-refractivity contribution in [1.29, 1.82) is 0 Å². The fourth-order valence-electron chi connectivity index (χ4n) is 1.57. The molecular weight excluding hydrogens is 190 g/mol. The van der Waals surface area contributed by atoms with Crippen LogP contribution < -0.4 is 0 Å². The quantitative estimate of drug-likeness (QED) is 0.713. The Labute approximate surface area is 88.3 Å². The molecule has 0 saturated heterocycles. The largest absolute Gasteiger partial charge is 0.461 e. The first-order valence-electron chi connectivity index (χ1n) is 4.80. The summed E-state index contributed by atoms with van der Waals surface area (Å²) in [4.78, 5) is 13.3. The van der Waals surface area contributed by atoms with E-state index in [2.05, 4.69) is 0 Å². The molecule has 0 saturated carbocycles. The number of fused-ring (bicyclic) bond motifs is 1. The average Bonchev–Trinajstić information content (AvgIpc) is 2.55. The van der Waals surface area contributed by atoms with Gasteiger partial charge in [-0.15, -0.1) is 0 Å². The van der Waals surface area contributed by atoms with Gasteiger partial charge in [0.15, 0.2) is 0 Å². The van der Waals surface area contributed by atoms with Gasteiger partial charge in [-0.1, -0.05) is 0 Å². The molecule has 0 fully saturated rings. The van der Waals surface area contributed by atoms with Gasteiger partial charge in [0, 0.05) is 25.0 Å². The Hall–Kier alpha value is -1.77. The number of aryl methyl sites for hydroxylation is 1.